The van der Waals surface area contributed by atoms with E-state index in [2.05, 4.69) is 35.8 Å². The number of carbonyl (C=O) groups is 1. The van der Waals surface area contributed by atoms with Crippen LogP contribution in [0.3, 0.4) is 0 Å². The van der Waals surface area contributed by atoms with Gasteiger partial charge in [-0.2, -0.15) is 0 Å². The summed E-state index contributed by atoms with van der Waals surface area (Å²) in [5.74, 6) is 0. The van der Waals surface area contributed by atoms with Crippen LogP contribution < -0.4 is 10.6 Å². The van der Waals surface area contributed by atoms with Gasteiger partial charge in [0.1, 0.15) is 0 Å². The quantitative estimate of drug-likeness (QED) is 0.770. The summed E-state index contributed by atoms with van der Waals surface area (Å²) in [5.41, 5.74) is 2.64. The Hall–Kier alpha value is -1.51. The van der Waals surface area contributed by atoms with Gasteiger partial charge < -0.3 is 10.6 Å². The summed E-state index contributed by atoms with van der Waals surface area (Å²) in [5, 5.41) is 5.94. The maximum Gasteiger partial charge on any atom is 0.315 e. The monoisotopic (exact) mass is 232 g/mol. The van der Waals surface area contributed by atoms with Gasteiger partial charge in [-0.25, -0.2) is 4.79 Å². The van der Waals surface area contributed by atoms with Crippen molar-refractivity contribution in [3.63, 3.8) is 0 Å². The molecule has 2 amide bonds. The van der Waals surface area contributed by atoms with Gasteiger partial charge in [0.05, 0.1) is 6.04 Å². The molecule has 1 aromatic carbocycles. The number of aryl methyl sites for hydroxylation is 1. The molecular weight excluding hydrogens is 212 g/mol. The minimum atomic E-state index is -0.0415. The fourth-order valence-electron chi connectivity index (χ4n) is 2.30. The first-order valence-corrected chi connectivity index (χ1v) is 6.43. The summed E-state index contributed by atoms with van der Waals surface area (Å²) in [4.78, 5) is 11.7. The minimum Gasteiger partial charge on any atom is -0.338 e. The number of carbonyl (C=O) groups excluding carboxylic acids is 1. The lowest BCUT2D eigenvalue weighted by molar-refractivity contribution is 0.237. The highest BCUT2D eigenvalue weighted by Crippen LogP contribution is 2.30. The molecule has 0 saturated carbocycles. The molecule has 1 atom stereocenters. The number of hydrogen-bond acceptors (Lipinski definition) is 1. The van der Waals surface area contributed by atoms with Crippen molar-refractivity contribution in [3.05, 3.63) is 35.4 Å². The molecule has 0 unspecified atom stereocenters. The Bertz CT molecular complexity index is 390. The van der Waals surface area contributed by atoms with E-state index >= 15 is 0 Å². The molecule has 0 saturated heterocycles. The highest BCUT2D eigenvalue weighted by Gasteiger charge is 2.22. The number of unbranched alkanes of at least 4 members (excludes halogenated alkanes) is 1. The van der Waals surface area contributed by atoms with E-state index in [0.29, 0.717) is 0 Å². The third kappa shape index (κ3) is 2.99. The van der Waals surface area contributed by atoms with E-state index in [0.717, 1.165) is 32.2 Å². The van der Waals surface area contributed by atoms with Crippen molar-refractivity contribution >= 4 is 6.03 Å². The molecular formula is C14H20N2O. The smallest absolute Gasteiger partial charge is 0.315 e. The van der Waals surface area contributed by atoms with Crippen LogP contribution in [0.5, 0.6) is 0 Å². The Morgan fingerprint density at radius 1 is 1.41 bits per heavy atom. The molecule has 0 bridgehead atoms. The first-order chi connectivity index (χ1) is 8.31. The van der Waals surface area contributed by atoms with Crippen molar-refractivity contribution in [1.29, 1.82) is 0 Å². The lowest BCUT2D eigenvalue weighted by Gasteiger charge is -2.14. The number of rotatable bonds is 4. The van der Waals surface area contributed by atoms with Gasteiger partial charge in [0, 0.05) is 6.54 Å². The second-order valence-electron chi connectivity index (χ2n) is 4.54. The van der Waals surface area contributed by atoms with Gasteiger partial charge >= 0.3 is 6.03 Å². The first kappa shape index (κ1) is 12.0. The Morgan fingerprint density at radius 2 is 2.24 bits per heavy atom. The molecule has 0 heterocycles. The Labute approximate surface area is 103 Å². The Kier molecular flexibility index (Phi) is 4.02. The number of amides is 2. The standard InChI is InChI=1S/C14H20N2O/c1-2-3-10-15-14(17)16-13-9-8-11-6-4-5-7-12(11)13/h4-7,13H,2-3,8-10H2,1H3,(H2,15,16,17)/t13-/m1/s1. The van der Waals surface area contributed by atoms with Gasteiger partial charge in [0.15, 0.2) is 0 Å². The summed E-state index contributed by atoms with van der Waals surface area (Å²) in [6, 6.07) is 8.50. The number of benzene rings is 1. The summed E-state index contributed by atoms with van der Waals surface area (Å²) in [6.45, 7) is 2.88. The van der Waals surface area contributed by atoms with Crippen molar-refractivity contribution in [2.24, 2.45) is 0 Å². The zero-order valence-electron chi connectivity index (χ0n) is 10.3. The van der Waals surface area contributed by atoms with Crippen LogP contribution in [0.4, 0.5) is 4.79 Å². The molecule has 0 radical (unpaired) electrons. The average Bonchev–Trinajstić information content (AvgIpc) is 2.73. The van der Waals surface area contributed by atoms with Crippen molar-refractivity contribution in [2.75, 3.05) is 6.54 Å². The van der Waals surface area contributed by atoms with Gasteiger partial charge in [0.2, 0.25) is 0 Å². The molecule has 2 rings (SSSR count). The SMILES string of the molecule is CCCCNC(=O)N[C@@H]1CCc2ccccc21. The van der Waals surface area contributed by atoms with Crippen molar-refractivity contribution in [1.82, 2.24) is 10.6 Å². The van der Waals surface area contributed by atoms with Gasteiger partial charge in [-0.05, 0) is 30.4 Å². The lowest BCUT2D eigenvalue weighted by atomic mass is 10.1. The molecule has 0 aromatic heterocycles. The zero-order valence-corrected chi connectivity index (χ0v) is 10.3. The largest absolute Gasteiger partial charge is 0.338 e. The van der Waals surface area contributed by atoms with Gasteiger partial charge in [-0.1, -0.05) is 37.6 Å². The maximum absolute atomic E-state index is 11.7. The lowest BCUT2D eigenvalue weighted by Crippen LogP contribution is -2.37. The van der Waals surface area contributed by atoms with E-state index in [-0.39, 0.29) is 12.1 Å². The molecule has 1 aliphatic carbocycles. The maximum atomic E-state index is 11.7. The first-order valence-electron chi connectivity index (χ1n) is 6.43. The van der Waals surface area contributed by atoms with Gasteiger partial charge in [0.25, 0.3) is 0 Å². The molecule has 3 heteroatoms. The van der Waals surface area contributed by atoms with E-state index in [1.807, 2.05) is 6.07 Å². The van der Waals surface area contributed by atoms with Crippen LogP contribution in [-0.4, -0.2) is 12.6 Å². The predicted molar refractivity (Wildman–Crippen MR) is 68.9 cm³/mol. The summed E-state index contributed by atoms with van der Waals surface area (Å²) in [6.07, 6.45) is 4.22. The third-order valence-electron chi connectivity index (χ3n) is 3.25. The van der Waals surface area contributed by atoms with Crippen molar-refractivity contribution in [3.8, 4) is 0 Å². The van der Waals surface area contributed by atoms with E-state index in [1.54, 1.807) is 0 Å². The van der Waals surface area contributed by atoms with Crippen LogP contribution in [0.2, 0.25) is 0 Å². The fourth-order valence-corrected chi connectivity index (χ4v) is 2.30. The normalized spacial score (nSPS) is 17.6. The topological polar surface area (TPSA) is 41.1 Å². The fraction of sp³-hybridized carbons (Fsp3) is 0.500. The predicted octanol–water partition coefficient (Wildman–Crippen LogP) is 2.77. The molecule has 2 N–H and O–H groups in total. The van der Waals surface area contributed by atoms with Gasteiger partial charge in [-0.15, -0.1) is 0 Å². The molecule has 17 heavy (non-hydrogen) atoms. The highest BCUT2D eigenvalue weighted by atomic mass is 16.2. The van der Waals surface area contributed by atoms with Crippen LogP contribution in [0.25, 0.3) is 0 Å². The second kappa shape index (κ2) is 5.71. The van der Waals surface area contributed by atoms with Crippen molar-refractivity contribution < 1.29 is 4.79 Å². The molecule has 1 aromatic rings. The minimum absolute atomic E-state index is 0.0415. The van der Waals surface area contributed by atoms with E-state index < -0.39 is 0 Å². The van der Waals surface area contributed by atoms with Crippen LogP contribution in [0.15, 0.2) is 24.3 Å². The van der Waals surface area contributed by atoms with E-state index in [1.165, 1.54) is 11.1 Å². The van der Waals surface area contributed by atoms with Gasteiger partial charge in [-0.3, -0.25) is 0 Å². The van der Waals surface area contributed by atoms with Crippen LogP contribution >= 0.6 is 0 Å². The van der Waals surface area contributed by atoms with Crippen molar-refractivity contribution in [2.45, 2.75) is 38.6 Å². The number of fused-ring (bicyclic) bond motifs is 1. The molecule has 1 aliphatic rings. The van der Waals surface area contributed by atoms with Crippen LogP contribution in [0.1, 0.15) is 43.4 Å². The average molecular weight is 232 g/mol. The third-order valence-corrected chi connectivity index (χ3v) is 3.25. The Balaban J connectivity index is 1.87. The number of urea groups is 1. The van der Waals surface area contributed by atoms with Crippen LogP contribution in [0, 0.1) is 0 Å². The summed E-state index contributed by atoms with van der Waals surface area (Å²) >= 11 is 0. The van der Waals surface area contributed by atoms with Crippen LogP contribution in [-0.2, 0) is 6.42 Å². The zero-order chi connectivity index (χ0) is 12.1. The summed E-state index contributed by atoms with van der Waals surface area (Å²) in [7, 11) is 0. The van der Waals surface area contributed by atoms with E-state index in [9.17, 15) is 4.79 Å². The molecule has 3 nitrogen and oxygen atoms in total. The summed E-state index contributed by atoms with van der Waals surface area (Å²) < 4.78 is 0. The molecule has 0 spiro atoms. The van der Waals surface area contributed by atoms with E-state index in [4.69, 9.17) is 0 Å². The second-order valence-corrected chi connectivity index (χ2v) is 4.54. The number of nitrogens with one attached hydrogen (secondary N) is 2. The Morgan fingerprint density at radius 3 is 3.06 bits per heavy atom. The molecule has 0 fully saturated rings. The highest BCUT2D eigenvalue weighted by molar-refractivity contribution is 5.74. The molecule has 92 valence electrons. The molecule has 0 aliphatic heterocycles. The number of hydrogen-bond donors (Lipinski definition) is 2.